The molecule has 1 N–H and O–H groups in total. The Morgan fingerprint density at radius 1 is 1.36 bits per heavy atom. The molecule has 0 spiro atoms. The van der Waals surface area contributed by atoms with Crippen LogP contribution in [0, 0.1) is 11.8 Å². The molecule has 1 rings (SSSR count). The lowest BCUT2D eigenvalue weighted by atomic mass is 9.76. The molecule has 1 heteroatoms. The van der Waals surface area contributed by atoms with Crippen LogP contribution < -0.4 is 0 Å². The van der Waals surface area contributed by atoms with Crippen molar-refractivity contribution in [1.82, 2.24) is 0 Å². The Kier molecular flexibility index (Phi) is 4.40. The zero-order valence-corrected chi connectivity index (χ0v) is 9.21. The third-order valence-electron chi connectivity index (χ3n) is 3.34. The molecule has 1 aliphatic rings. The molecule has 0 radical (unpaired) electrons. The van der Waals surface area contributed by atoms with Crippen LogP contribution in [0.15, 0.2) is 24.8 Å². The van der Waals surface area contributed by atoms with Gasteiger partial charge in [-0.15, -0.1) is 6.58 Å². The van der Waals surface area contributed by atoms with Crippen molar-refractivity contribution >= 4 is 0 Å². The van der Waals surface area contributed by atoms with Crippen molar-refractivity contribution in [3.05, 3.63) is 24.8 Å². The zero-order valence-electron chi connectivity index (χ0n) is 9.21. The minimum atomic E-state index is -0.393. The van der Waals surface area contributed by atoms with E-state index < -0.39 is 6.10 Å². The fourth-order valence-electron chi connectivity index (χ4n) is 2.43. The van der Waals surface area contributed by atoms with Crippen LogP contribution in [0.1, 0.15) is 39.0 Å². The van der Waals surface area contributed by atoms with E-state index >= 15 is 0 Å². The van der Waals surface area contributed by atoms with Crippen molar-refractivity contribution in [3.8, 4) is 0 Å². The minimum Gasteiger partial charge on any atom is -0.388 e. The topological polar surface area (TPSA) is 20.2 Å². The molecule has 0 aromatic carbocycles. The minimum absolute atomic E-state index is 0.216. The van der Waals surface area contributed by atoms with Crippen molar-refractivity contribution in [2.75, 3.05) is 0 Å². The van der Waals surface area contributed by atoms with Crippen LogP contribution in [0.3, 0.4) is 0 Å². The summed E-state index contributed by atoms with van der Waals surface area (Å²) in [5, 5.41) is 9.97. The number of rotatable bonds is 4. The van der Waals surface area contributed by atoms with Crippen LogP contribution in [-0.2, 0) is 0 Å². The Hall–Kier alpha value is -0.560. The van der Waals surface area contributed by atoms with Crippen molar-refractivity contribution < 1.29 is 5.11 Å². The molecule has 2 atom stereocenters. The summed E-state index contributed by atoms with van der Waals surface area (Å²) in [4.78, 5) is 0. The maximum Gasteiger partial charge on any atom is 0.0809 e. The molecule has 0 heterocycles. The van der Waals surface area contributed by atoms with Gasteiger partial charge in [0.1, 0.15) is 0 Å². The van der Waals surface area contributed by atoms with Gasteiger partial charge in [-0.05, 0) is 25.7 Å². The third kappa shape index (κ3) is 2.71. The van der Waals surface area contributed by atoms with Crippen molar-refractivity contribution in [1.29, 1.82) is 0 Å². The first-order chi connectivity index (χ1) is 6.66. The summed E-state index contributed by atoms with van der Waals surface area (Å²) in [5.41, 5.74) is 0.862. The first-order valence-corrected chi connectivity index (χ1v) is 5.63. The molecular formula is C13H22O. The van der Waals surface area contributed by atoms with E-state index in [0.717, 1.165) is 5.57 Å². The predicted octanol–water partition coefficient (Wildman–Crippen LogP) is 3.31. The summed E-state index contributed by atoms with van der Waals surface area (Å²) in [7, 11) is 0. The number of hydrogen-bond acceptors (Lipinski definition) is 1. The first kappa shape index (κ1) is 11.5. The van der Waals surface area contributed by atoms with Crippen molar-refractivity contribution in [2.45, 2.75) is 45.1 Å². The second kappa shape index (κ2) is 5.35. The molecule has 1 saturated carbocycles. The number of aliphatic hydroxyl groups excluding tert-OH is 1. The molecule has 0 aromatic heterocycles. The lowest BCUT2D eigenvalue weighted by Crippen LogP contribution is -2.28. The molecule has 0 aromatic rings. The van der Waals surface area contributed by atoms with E-state index in [9.17, 15) is 5.11 Å². The highest BCUT2D eigenvalue weighted by Crippen LogP contribution is 2.33. The molecule has 0 unspecified atom stereocenters. The number of aliphatic hydroxyl groups is 1. The molecule has 0 bridgehead atoms. The highest BCUT2D eigenvalue weighted by Gasteiger charge is 2.27. The average molecular weight is 194 g/mol. The molecule has 1 fully saturated rings. The molecule has 1 nitrogen and oxygen atoms in total. The largest absolute Gasteiger partial charge is 0.388 e. The second-order valence-electron chi connectivity index (χ2n) is 4.50. The molecule has 14 heavy (non-hydrogen) atoms. The Bertz CT molecular complexity index is 201. The lowest BCUT2D eigenvalue weighted by molar-refractivity contribution is 0.113. The Morgan fingerprint density at radius 2 is 1.93 bits per heavy atom. The van der Waals surface area contributed by atoms with E-state index in [4.69, 9.17) is 0 Å². The summed E-state index contributed by atoms with van der Waals surface area (Å²) in [5.74, 6) is 0.834. The molecule has 80 valence electrons. The molecule has 0 aliphatic heterocycles. The van der Waals surface area contributed by atoms with Gasteiger partial charge in [-0.25, -0.2) is 0 Å². The fraction of sp³-hybridized carbons (Fsp3) is 0.692. The quantitative estimate of drug-likeness (QED) is 0.681. The molecule has 0 saturated heterocycles. The third-order valence-corrected chi connectivity index (χ3v) is 3.34. The summed E-state index contributed by atoms with van der Waals surface area (Å²) >= 11 is 0. The van der Waals surface area contributed by atoms with E-state index in [2.05, 4.69) is 13.2 Å². The van der Waals surface area contributed by atoms with Gasteiger partial charge in [0.05, 0.1) is 6.10 Å². The van der Waals surface area contributed by atoms with Crippen LogP contribution in [-0.4, -0.2) is 11.2 Å². The summed E-state index contributed by atoms with van der Waals surface area (Å²) in [6, 6.07) is 0. The Balaban J connectivity index is 2.59. The van der Waals surface area contributed by atoms with E-state index in [1.807, 2.05) is 13.0 Å². The smallest absolute Gasteiger partial charge is 0.0809 e. The summed E-state index contributed by atoms with van der Waals surface area (Å²) in [6.07, 6.45) is 7.95. The van der Waals surface area contributed by atoms with E-state index in [1.165, 1.54) is 32.1 Å². The van der Waals surface area contributed by atoms with Gasteiger partial charge in [0.25, 0.3) is 0 Å². The SMILES string of the molecule is C=C[C@H](C1CCCCC1)[C@H](O)C(=C)C. The van der Waals surface area contributed by atoms with Gasteiger partial charge in [0, 0.05) is 5.92 Å². The molecular weight excluding hydrogens is 172 g/mol. The van der Waals surface area contributed by atoms with Gasteiger partial charge >= 0.3 is 0 Å². The molecule has 1 aliphatic carbocycles. The highest BCUT2D eigenvalue weighted by atomic mass is 16.3. The fourth-order valence-corrected chi connectivity index (χ4v) is 2.43. The van der Waals surface area contributed by atoms with Gasteiger partial charge in [0.15, 0.2) is 0 Å². The van der Waals surface area contributed by atoms with Gasteiger partial charge in [-0.3, -0.25) is 0 Å². The normalized spacial score (nSPS) is 22.7. The monoisotopic (exact) mass is 194 g/mol. The van der Waals surface area contributed by atoms with Crippen LogP contribution in [0.5, 0.6) is 0 Å². The van der Waals surface area contributed by atoms with Crippen LogP contribution in [0.2, 0.25) is 0 Å². The Labute approximate surface area is 87.5 Å². The average Bonchev–Trinajstić information content (AvgIpc) is 2.20. The van der Waals surface area contributed by atoms with Crippen molar-refractivity contribution in [2.24, 2.45) is 11.8 Å². The maximum absolute atomic E-state index is 9.97. The second-order valence-corrected chi connectivity index (χ2v) is 4.50. The highest BCUT2D eigenvalue weighted by molar-refractivity contribution is 5.06. The van der Waals surface area contributed by atoms with Gasteiger partial charge in [0.2, 0.25) is 0 Å². The predicted molar refractivity (Wildman–Crippen MR) is 61.1 cm³/mol. The van der Waals surface area contributed by atoms with E-state index in [-0.39, 0.29) is 5.92 Å². The standard InChI is InChI=1S/C13H22O/c1-4-12(13(14)10(2)3)11-8-6-5-7-9-11/h4,11-14H,1-2,5-9H2,3H3/t12-,13-/m1/s1. The Morgan fingerprint density at radius 3 is 2.36 bits per heavy atom. The maximum atomic E-state index is 9.97. The first-order valence-electron chi connectivity index (χ1n) is 5.63. The van der Waals surface area contributed by atoms with E-state index in [1.54, 1.807) is 0 Å². The summed E-state index contributed by atoms with van der Waals surface area (Å²) < 4.78 is 0. The van der Waals surface area contributed by atoms with Crippen LogP contribution in [0.25, 0.3) is 0 Å². The van der Waals surface area contributed by atoms with Gasteiger partial charge in [-0.1, -0.05) is 37.5 Å². The van der Waals surface area contributed by atoms with Crippen LogP contribution >= 0.6 is 0 Å². The van der Waals surface area contributed by atoms with Crippen LogP contribution in [0.4, 0.5) is 0 Å². The zero-order chi connectivity index (χ0) is 10.6. The van der Waals surface area contributed by atoms with Gasteiger partial charge in [-0.2, -0.15) is 0 Å². The van der Waals surface area contributed by atoms with Gasteiger partial charge < -0.3 is 5.11 Å². The van der Waals surface area contributed by atoms with Crippen molar-refractivity contribution in [3.63, 3.8) is 0 Å². The molecule has 0 amide bonds. The summed E-state index contributed by atoms with van der Waals surface area (Å²) in [6.45, 7) is 9.55. The lowest BCUT2D eigenvalue weighted by Gasteiger charge is -2.31. The number of hydrogen-bond donors (Lipinski definition) is 1. The van der Waals surface area contributed by atoms with E-state index in [0.29, 0.717) is 5.92 Å².